The van der Waals surface area contributed by atoms with Crippen molar-refractivity contribution in [2.45, 2.75) is 44.7 Å². The Labute approximate surface area is 111 Å². The molecule has 17 heavy (non-hydrogen) atoms. The van der Waals surface area contributed by atoms with Gasteiger partial charge in [-0.25, -0.2) is 0 Å². The van der Waals surface area contributed by atoms with Gasteiger partial charge in [-0.05, 0) is 25.8 Å². The number of carbonyl (C=O) groups is 1. The molecular formula is C14H18BrNO. The van der Waals surface area contributed by atoms with Crippen LogP contribution in [0.4, 0.5) is 0 Å². The number of hydrogen-bond donors (Lipinski definition) is 1. The molecule has 1 aliphatic heterocycles. The number of piperidine rings is 1. The molecule has 1 aromatic carbocycles. The van der Waals surface area contributed by atoms with Crippen molar-refractivity contribution in [2.24, 2.45) is 0 Å². The van der Waals surface area contributed by atoms with Crippen molar-refractivity contribution in [2.75, 3.05) is 0 Å². The molecule has 1 N–H and O–H groups in total. The smallest absolute Gasteiger partial charge is 0.165 e. The minimum absolute atomic E-state index is 0.226. The molecule has 0 spiro atoms. The predicted molar refractivity (Wildman–Crippen MR) is 73.3 cm³/mol. The highest BCUT2D eigenvalue weighted by molar-refractivity contribution is 9.10. The number of hydrogen-bond acceptors (Lipinski definition) is 2. The lowest BCUT2D eigenvalue weighted by molar-refractivity contribution is 0.0959. The van der Waals surface area contributed by atoms with Gasteiger partial charge < -0.3 is 5.32 Å². The van der Waals surface area contributed by atoms with Crippen LogP contribution in [-0.4, -0.2) is 17.9 Å². The minimum atomic E-state index is 0.226. The van der Waals surface area contributed by atoms with E-state index in [4.69, 9.17) is 0 Å². The SMILES string of the molecule is CC1CCCC(CC(=O)c2ccccc2Br)N1. The molecule has 92 valence electrons. The lowest BCUT2D eigenvalue weighted by atomic mass is 9.94. The highest BCUT2D eigenvalue weighted by Crippen LogP contribution is 2.21. The number of rotatable bonds is 3. The van der Waals surface area contributed by atoms with Gasteiger partial charge in [0.2, 0.25) is 0 Å². The maximum absolute atomic E-state index is 12.2. The van der Waals surface area contributed by atoms with Crippen LogP contribution in [0.3, 0.4) is 0 Å². The Balaban J connectivity index is 1.99. The molecule has 0 aromatic heterocycles. The summed E-state index contributed by atoms with van der Waals surface area (Å²) in [4.78, 5) is 12.2. The first-order chi connectivity index (χ1) is 8.16. The number of carbonyl (C=O) groups excluding carboxylic acids is 1. The van der Waals surface area contributed by atoms with Crippen LogP contribution < -0.4 is 5.32 Å². The summed E-state index contributed by atoms with van der Waals surface area (Å²) in [5.41, 5.74) is 0.799. The average molecular weight is 296 g/mol. The summed E-state index contributed by atoms with van der Waals surface area (Å²) in [6.45, 7) is 2.19. The molecule has 0 bridgehead atoms. The standard InChI is InChI=1S/C14H18BrNO/c1-10-5-4-6-11(16-10)9-14(17)12-7-2-3-8-13(12)15/h2-3,7-8,10-11,16H,4-6,9H2,1H3. The van der Waals surface area contributed by atoms with Gasteiger partial charge >= 0.3 is 0 Å². The summed E-state index contributed by atoms with van der Waals surface area (Å²) < 4.78 is 0.897. The summed E-state index contributed by atoms with van der Waals surface area (Å²) >= 11 is 3.43. The fraction of sp³-hybridized carbons (Fsp3) is 0.500. The number of Topliss-reactive ketones (excluding diaryl/α,β-unsaturated/α-hetero) is 1. The van der Waals surface area contributed by atoms with E-state index in [9.17, 15) is 4.79 Å². The quantitative estimate of drug-likeness (QED) is 0.864. The van der Waals surface area contributed by atoms with Crippen LogP contribution in [0, 0.1) is 0 Å². The van der Waals surface area contributed by atoms with Crippen LogP contribution in [0.5, 0.6) is 0 Å². The van der Waals surface area contributed by atoms with Crippen molar-refractivity contribution >= 4 is 21.7 Å². The molecular weight excluding hydrogens is 278 g/mol. The molecule has 3 heteroatoms. The van der Waals surface area contributed by atoms with E-state index >= 15 is 0 Å². The molecule has 1 aliphatic rings. The minimum Gasteiger partial charge on any atom is -0.311 e. The third-order valence-corrected chi connectivity index (χ3v) is 4.01. The van der Waals surface area contributed by atoms with E-state index in [0.29, 0.717) is 18.5 Å². The fourth-order valence-electron chi connectivity index (χ4n) is 2.42. The van der Waals surface area contributed by atoms with Crippen LogP contribution in [0.15, 0.2) is 28.7 Å². The van der Waals surface area contributed by atoms with Crippen molar-refractivity contribution < 1.29 is 4.79 Å². The van der Waals surface area contributed by atoms with Gasteiger partial charge in [-0.1, -0.05) is 40.5 Å². The van der Waals surface area contributed by atoms with Gasteiger partial charge in [0.15, 0.2) is 5.78 Å². The van der Waals surface area contributed by atoms with E-state index in [0.717, 1.165) is 16.5 Å². The van der Waals surface area contributed by atoms with Crippen LogP contribution in [0.1, 0.15) is 43.0 Å². The third-order valence-electron chi connectivity index (χ3n) is 3.32. The first-order valence-corrected chi connectivity index (χ1v) is 7.00. The van der Waals surface area contributed by atoms with Crippen LogP contribution in [0.25, 0.3) is 0 Å². The largest absolute Gasteiger partial charge is 0.311 e. The Morgan fingerprint density at radius 1 is 1.41 bits per heavy atom. The normalized spacial score (nSPS) is 24.6. The van der Waals surface area contributed by atoms with E-state index in [1.807, 2.05) is 24.3 Å². The zero-order valence-electron chi connectivity index (χ0n) is 10.1. The van der Waals surface area contributed by atoms with E-state index in [1.54, 1.807) is 0 Å². The number of ketones is 1. The fourth-order valence-corrected chi connectivity index (χ4v) is 2.93. The summed E-state index contributed by atoms with van der Waals surface area (Å²) in [6.07, 6.45) is 4.16. The van der Waals surface area contributed by atoms with Gasteiger partial charge in [0.25, 0.3) is 0 Å². The van der Waals surface area contributed by atoms with Crippen LogP contribution in [-0.2, 0) is 0 Å². The van der Waals surface area contributed by atoms with Crippen molar-refractivity contribution in [3.8, 4) is 0 Å². The number of nitrogens with one attached hydrogen (secondary N) is 1. The molecule has 0 aliphatic carbocycles. The molecule has 1 fully saturated rings. The average Bonchev–Trinajstić information content (AvgIpc) is 2.29. The number of benzene rings is 1. The van der Waals surface area contributed by atoms with Crippen LogP contribution in [0.2, 0.25) is 0 Å². The topological polar surface area (TPSA) is 29.1 Å². The Hall–Kier alpha value is -0.670. The Bertz CT molecular complexity index is 405. The van der Waals surface area contributed by atoms with E-state index < -0.39 is 0 Å². The van der Waals surface area contributed by atoms with Crippen molar-refractivity contribution in [3.05, 3.63) is 34.3 Å². The molecule has 2 unspecified atom stereocenters. The maximum Gasteiger partial charge on any atom is 0.165 e. The maximum atomic E-state index is 12.2. The van der Waals surface area contributed by atoms with Gasteiger partial charge in [0.1, 0.15) is 0 Å². The zero-order chi connectivity index (χ0) is 12.3. The summed E-state index contributed by atoms with van der Waals surface area (Å²) in [7, 11) is 0. The second kappa shape index (κ2) is 5.78. The molecule has 2 rings (SSSR count). The Kier molecular flexibility index (Phi) is 4.35. The van der Waals surface area contributed by atoms with Crippen molar-refractivity contribution in [3.63, 3.8) is 0 Å². The lowest BCUT2D eigenvalue weighted by Gasteiger charge is -2.28. The second-order valence-electron chi connectivity index (χ2n) is 4.80. The molecule has 2 atom stereocenters. The summed E-state index contributed by atoms with van der Waals surface area (Å²) in [5.74, 6) is 0.226. The van der Waals surface area contributed by atoms with Gasteiger partial charge in [-0.2, -0.15) is 0 Å². The first kappa shape index (κ1) is 12.8. The van der Waals surface area contributed by atoms with E-state index in [2.05, 4.69) is 28.2 Å². The molecule has 0 saturated carbocycles. The van der Waals surface area contributed by atoms with Gasteiger partial charge in [-0.15, -0.1) is 0 Å². The molecule has 1 saturated heterocycles. The van der Waals surface area contributed by atoms with Gasteiger partial charge in [0, 0.05) is 28.5 Å². The molecule has 0 amide bonds. The molecule has 2 nitrogen and oxygen atoms in total. The highest BCUT2D eigenvalue weighted by Gasteiger charge is 2.21. The predicted octanol–water partition coefficient (Wildman–Crippen LogP) is 3.55. The van der Waals surface area contributed by atoms with E-state index in [-0.39, 0.29) is 5.78 Å². The molecule has 1 heterocycles. The summed E-state index contributed by atoms with van der Waals surface area (Å²) in [6, 6.07) is 8.54. The van der Waals surface area contributed by atoms with Gasteiger partial charge in [0.05, 0.1) is 0 Å². The number of halogens is 1. The molecule has 0 radical (unpaired) electrons. The van der Waals surface area contributed by atoms with E-state index in [1.165, 1.54) is 12.8 Å². The highest BCUT2D eigenvalue weighted by atomic mass is 79.9. The zero-order valence-corrected chi connectivity index (χ0v) is 11.7. The van der Waals surface area contributed by atoms with Crippen molar-refractivity contribution in [1.82, 2.24) is 5.32 Å². The second-order valence-corrected chi connectivity index (χ2v) is 5.66. The van der Waals surface area contributed by atoms with Crippen molar-refractivity contribution in [1.29, 1.82) is 0 Å². The summed E-state index contributed by atoms with van der Waals surface area (Å²) in [5, 5.41) is 3.50. The lowest BCUT2D eigenvalue weighted by Crippen LogP contribution is -2.41. The third kappa shape index (κ3) is 3.39. The first-order valence-electron chi connectivity index (χ1n) is 6.20. The molecule has 1 aromatic rings. The Morgan fingerprint density at radius 2 is 2.18 bits per heavy atom. The monoisotopic (exact) mass is 295 g/mol. The van der Waals surface area contributed by atoms with Crippen LogP contribution >= 0.6 is 15.9 Å². The van der Waals surface area contributed by atoms with Gasteiger partial charge in [-0.3, -0.25) is 4.79 Å². The Morgan fingerprint density at radius 3 is 2.88 bits per heavy atom.